The molecular formula is C20H28O3. The second-order valence-electron chi connectivity index (χ2n) is 9.33. The van der Waals surface area contributed by atoms with Gasteiger partial charge in [-0.15, -0.1) is 0 Å². The summed E-state index contributed by atoms with van der Waals surface area (Å²) in [6, 6.07) is 0. The van der Waals surface area contributed by atoms with Crippen LogP contribution in [0, 0.1) is 34.0 Å². The summed E-state index contributed by atoms with van der Waals surface area (Å²) in [6.45, 7) is 9.34. The molecule has 0 aromatic rings. The SMILES string of the molecule is CC1(C)C(=O)CC[C@@]2(C)[C@@H]3C[C@@H]4COC(=O)[C@]4(C)C=C3CC[C@H]12. The Morgan fingerprint density at radius 3 is 2.61 bits per heavy atom. The number of hydrogen-bond donors (Lipinski definition) is 0. The second-order valence-corrected chi connectivity index (χ2v) is 9.33. The molecule has 1 aliphatic heterocycles. The van der Waals surface area contributed by atoms with Crippen LogP contribution >= 0.6 is 0 Å². The average molecular weight is 316 g/mol. The fraction of sp³-hybridized carbons (Fsp3) is 0.800. The van der Waals surface area contributed by atoms with Crippen LogP contribution in [0.3, 0.4) is 0 Å². The van der Waals surface area contributed by atoms with Crippen molar-refractivity contribution in [1.82, 2.24) is 0 Å². The number of carbonyl (C=O) groups is 2. The lowest BCUT2D eigenvalue weighted by Crippen LogP contribution is -2.55. The minimum Gasteiger partial charge on any atom is -0.465 e. The van der Waals surface area contributed by atoms with Crippen LogP contribution < -0.4 is 0 Å². The molecule has 0 unspecified atom stereocenters. The molecule has 0 bridgehead atoms. The number of fused-ring (bicyclic) bond motifs is 4. The van der Waals surface area contributed by atoms with Gasteiger partial charge >= 0.3 is 5.97 Å². The van der Waals surface area contributed by atoms with E-state index >= 15 is 0 Å². The molecule has 23 heavy (non-hydrogen) atoms. The Bertz CT molecular complexity index is 616. The lowest BCUT2D eigenvalue weighted by Gasteiger charge is -2.59. The van der Waals surface area contributed by atoms with Crippen molar-refractivity contribution in [1.29, 1.82) is 0 Å². The van der Waals surface area contributed by atoms with Crippen molar-refractivity contribution >= 4 is 11.8 Å². The van der Waals surface area contributed by atoms with Crippen LogP contribution in [0.15, 0.2) is 11.6 Å². The number of ketones is 1. The van der Waals surface area contributed by atoms with Crippen molar-refractivity contribution in [2.24, 2.45) is 34.0 Å². The van der Waals surface area contributed by atoms with Gasteiger partial charge in [0.25, 0.3) is 0 Å². The van der Waals surface area contributed by atoms with Crippen molar-refractivity contribution < 1.29 is 14.3 Å². The number of hydrogen-bond acceptors (Lipinski definition) is 3. The third kappa shape index (κ3) is 1.82. The van der Waals surface area contributed by atoms with Crippen LogP contribution in [0.4, 0.5) is 0 Å². The Morgan fingerprint density at radius 2 is 1.87 bits per heavy atom. The minimum atomic E-state index is -0.408. The number of rotatable bonds is 0. The van der Waals surface area contributed by atoms with Gasteiger partial charge in [0.2, 0.25) is 0 Å². The van der Waals surface area contributed by atoms with Gasteiger partial charge in [-0.25, -0.2) is 0 Å². The first-order valence-electron chi connectivity index (χ1n) is 9.12. The zero-order valence-electron chi connectivity index (χ0n) is 14.8. The minimum absolute atomic E-state index is 0.0418. The van der Waals surface area contributed by atoms with Crippen LogP contribution in [0.2, 0.25) is 0 Å². The highest BCUT2D eigenvalue weighted by atomic mass is 16.5. The molecule has 4 rings (SSSR count). The molecule has 3 fully saturated rings. The molecule has 0 aromatic carbocycles. The Labute approximate surface area is 138 Å². The van der Waals surface area contributed by atoms with E-state index in [0.717, 1.165) is 25.7 Å². The van der Waals surface area contributed by atoms with Crippen LogP contribution in [0.25, 0.3) is 0 Å². The molecule has 0 N–H and O–H groups in total. The number of Topliss-reactive ketones (excluding diaryl/α,β-unsaturated/α-hetero) is 1. The summed E-state index contributed by atoms with van der Waals surface area (Å²) in [7, 11) is 0. The van der Waals surface area contributed by atoms with E-state index < -0.39 is 5.41 Å². The standard InChI is InChI=1S/C20H28O3/c1-18(2)15-6-5-12-10-20(4)13(11-23-17(20)22)9-14(12)19(15,3)8-7-16(18)21/h10,13-15H,5-9,11H2,1-4H3/t13-,14-,15-,19+,20-/m1/s1. The topological polar surface area (TPSA) is 43.4 Å². The zero-order valence-corrected chi connectivity index (χ0v) is 14.8. The summed E-state index contributed by atoms with van der Waals surface area (Å²) in [6.07, 6.45) is 7.13. The molecule has 126 valence electrons. The largest absolute Gasteiger partial charge is 0.465 e. The van der Waals surface area contributed by atoms with Crippen molar-refractivity contribution in [3.8, 4) is 0 Å². The molecule has 3 aliphatic carbocycles. The maximum atomic E-state index is 12.5. The average Bonchev–Trinajstić information content (AvgIpc) is 2.77. The van der Waals surface area contributed by atoms with E-state index in [1.165, 1.54) is 5.57 Å². The number of allylic oxidation sites excluding steroid dienone is 1. The molecule has 1 heterocycles. The highest BCUT2D eigenvalue weighted by Gasteiger charge is 2.60. The highest BCUT2D eigenvalue weighted by Crippen LogP contribution is 2.64. The summed E-state index contributed by atoms with van der Waals surface area (Å²) in [5.74, 6) is 1.68. The second kappa shape index (κ2) is 4.49. The Balaban J connectivity index is 1.75. The van der Waals surface area contributed by atoms with E-state index in [1.54, 1.807) is 0 Å². The highest BCUT2D eigenvalue weighted by molar-refractivity contribution is 5.85. The van der Waals surface area contributed by atoms with Crippen LogP contribution in [-0.2, 0) is 14.3 Å². The number of esters is 1. The Morgan fingerprint density at radius 1 is 1.13 bits per heavy atom. The molecular weight excluding hydrogens is 288 g/mol. The molecule has 2 saturated carbocycles. The van der Waals surface area contributed by atoms with E-state index in [0.29, 0.717) is 36.6 Å². The lowest BCUT2D eigenvalue weighted by atomic mass is 9.44. The summed E-state index contributed by atoms with van der Waals surface area (Å²) < 4.78 is 5.40. The van der Waals surface area contributed by atoms with Gasteiger partial charge in [-0.2, -0.15) is 0 Å². The van der Waals surface area contributed by atoms with Crippen molar-refractivity contribution in [3.05, 3.63) is 11.6 Å². The maximum absolute atomic E-state index is 12.5. The molecule has 3 nitrogen and oxygen atoms in total. The fourth-order valence-corrected chi connectivity index (χ4v) is 6.34. The first kappa shape index (κ1) is 15.4. The van der Waals surface area contributed by atoms with Crippen molar-refractivity contribution in [3.63, 3.8) is 0 Å². The smallest absolute Gasteiger partial charge is 0.316 e. The monoisotopic (exact) mass is 316 g/mol. The molecule has 1 saturated heterocycles. The molecule has 5 atom stereocenters. The van der Waals surface area contributed by atoms with Crippen LogP contribution in [0.1, 0.15) is 59.8 Å². The summed E-state index contributed by atoms with van der Waals surface area (Å²) in [4.78, 5) is 24.7. The van der Waals surface area contributed by atoms with Gasteiger partial charge in [0.05, 0.1) is 12.0 Å². The fourth-order valence-electron chi connectivity index (χ4n) is 6.34. The third-order valence-corrected chi connectivity index (χ3v) is 7.95. The zero-order chi connectivity index (χ0) is 16.6. The summed E-state index contributed by atoms with van der Waals surface area (Å²) in [5.41, 5.74) is 1.04. The predicted octanol–water partition coefficient (Wildman–Crippen LogP) is 3.92. The molecule has 0 amide bonds. The predicted molar refractivity (Wildman–Crippen MR) is 87.6 cm³/mol. The van der Waals surface area contributed by atoms with E-state index in [9.17, 15) is 9.59 Å². The molecule has 0 spiro atoms. The van der Waals surface area contributed by atoms with Crippen LogP contribution in [-0.4, -0.2) is 18.4 Å². The van der Waals surface area contributed by atoms with Crippen molar-refractivity contribution in [2.45, 2.75) is 59.8 Å². The third-order valence-electron chi connectivity index (χ3n) is 7.95. The summed E-state index contributed by atoms with van der Waals surface area (Å²) in [5, 5.41) is 0. The normalized spacial score (nSPS) is 48.0. The van der Waals surface area contributed by atoms with Gasteiger partial charge in [-0.3, -0.25) is 9.59 Å². The van der Waals surface area contributed by atoms with Gasteiger partial charge in [-0.05, 0) is 49.9 Å². The van der Waals surface area contributed by atoms with Gasteiger partial charge < -0.3 is 4.74 Å². The Kier molecular flexibility index (Phi) is 3.01. The van der Waals surface area contributed by atoms with E-state index in [4.69, 9.17) is 4.74 Å². The number of ether oxygens (including phenoxy) is 1. The molecule has 4 aliphatic rings. The van der Waals surface area contributed by atoms with E-state index in [-0.39, 0.29) is 16.8 Å². The lowest BCUT2D eigenvalue weighted by molar-refractivity contribution is -0.146. The number of carbonyl (C=O) groups excluding carboxylic acids is 2. The van der Waals surface area contributed by atoms with Crippen LogP contribution in [0.5, 0.6) is 0 Å². The first-order chi connectivity index (χ1) is 10.7. The summed E-state index contributed by atoms with van der Waals surface area (Å²) >= 11 is 0. The van der Waals surface area contributed by atoms with Gasteiger partial charge in [-0.1, -0.05) is 32.4 Å². The quantitative estimate of drug-likeness (QED) is 0.502. The molecule has 0 aromatic heterocycles. The molecule has 0 radical (unpaired) electrons. The Hall–Kier alpha value is -1.12. The van der Waals surface area contributed by atoms with E-state index in [2.05, 4.69) is 33.8 Å². The van der Waals surface area contributed by atoms with Crippen molar-refractivity contribution in [2.75, 3.05) is 6.61 Å². The maximum Gasteiger partial charge on any atom is 0.316 e. The van der Waals surface area contributed by atoms with Gasteiger partial charge in [0.15, 0.2) is 0 Å². The van der Waals surface area contributed by atoms with Gasteiger partial charge in [0, 0.05) is 17.8 Å². The number of cyclic esters (lactones) is 1. The molecule has 3 heteroatoms. The first-order valence-corrected chi connectivity index (χ1v) is 9.12. The van der Waals surface area contributed by atoms with Gasteiger partial charge in [0.1, 0.15) is 5.78 Å². The van der Waals surface area contributed by atoms with E-state index in [1.807, 2.05) is 0 Å².